The number of hydrogen-bond donors (Lipinski definition) is 2. The van der Waals surface area contributed by atoms with Gasteiger partial charge >= 0.3 is 0 Å². The summed E-state index contributed by atoms with van der Waals surface area (Å²) in [5.41, 5.74) is 8.51. The van der Waals surface area contributed by atoms with Gasteiger partial charge < -0.3 is 15.8 Å². The first kappa shape index (κ1) is 19.7. The molecular weight excluding hydrogens is 376 g/mol. The Bertz CT molecular complexity index is 1130. The highest BCUT2D eigenvalue weighted by Gasteiger charge is 2.24. The van der Waals surface area contributed by atoms with Crippen LogP contribution in [0.4, 0.5) is 11.8 Å². The lowest BCUT2D eigenvalue weighted by atomic mass is 10.1. The van der Waals surface area contributed by atoms with Gasteiger partial charge in [-0.1, -0.05) is 48.5 Å². The zero-order chi connectivity index (χ0) is 21.1. The molecule has 0 unspecified atom stereocenters. The minimum absolute atomic E-state index is 0.268. The number of para-hydroxylation sites is 1. The quantitative estimate of drug-likeness (QED) is 0.467. The fourth-order valence-electron chi connectivity index (χ4n) is 3.26. The van der Waals surface area contributed by atoms with E-state index in [1.807, 2.05) is 60.7 Å². The topological polar surface area (TPSA) is 90.9 Å². The van der Waals surface area contributed by atoms with E-state index in [2.05, 4.69) is 36.2 Å². The van der Waals surface area contributed by atoms with E-state index in [-0.39, 0.29) is 5.54 Å². The van der Waals surface area contributed by atoms with Crippen molar-refractivity contribution in [2.75, 3.05) is 24.2 Å². The van der Waals surface area contributed by atoms with Crippen molar-refractivity contribution in [3.05, 3.63) is 60.7 Å². The lowest BCUT2D eigenvalue weighted by Gasteiger charge is -2.20. The fraction of sp³-hybridized carbons (Fsp3) is 0.261. The second-order valence-electron chi connectivity index (χ2n) is 8.02. The maximum Gasteiger partial charge on any atom is 0.225 e. The maximum atomic E-state index is 6.48. The van der Waals surface area contributed by atoms with Crippen molar-refractivity contribution >= 4 is 22.8 Å². The number of aromatic nitrogens is 4. The third-order valence-electron chi connectivity index (χ3n) is 4.65. The van der Waals surface area contributed by atoms with Gasteiger partial charge in [0.15, 0.2) is 5.65 Å². The molecule has 0 atom stereocenters. The van der Waals surface area contributed by atoms with E-state index in [0.29, 0.717) is 30.6 Å². The minimum Gasteiger partial charge on any atom is -0.492 e. The Morgan fingerprint density at radius 3 is 2.30 bits per heavy atom. The van der Waals surface area contributed by atoms with Gasteiger partial charge in [0.25, 0.3) is 0 Å². The summed E-state index contributed by atoms with van der Waals surface area (Å²) in [5.74, 6) is 1.89. The van der Waals surface area contributed by atoms with E-state index in [1.54, 1.807) is 4.68 Å². The molecular formula is C23H26N6O. The summed E-state index contributed by atoms with van der Waals surface area (Å²) in [5, 5.41) is 8.69. The summed E-state index contributed by atoms with van der Waals surface area (Å²) in [6.45, 7) is 7.23. The second kappa shape index (κ2) is 8.02. The highest BCUT2D eigenvalue weighted by Crippen LogP contribution is 2.33. The number of nitrogens with zero attached hydrogens (tertiary/aromatic N) is 4. The van der Waals surface area contributed by atoms with Gasteiger partial charge in [-0.2, -0.15) is 4.98 Å². The summed E-state index contributed by atoms with van der Waals surface area (Å²) in [4.78, 5) is 9.37. The third-order valence-corrected chi connectivity index (χ3v) is 4.65. The summed E-state index contributed by atoms with van der Waals surface area (Å²) in [6.07, 6.45) is 0. The number of fused-ring (bicyclic) bond motifs is 1. The summed E-state index contributed by atoms with van der Waals surface area (Å²) >= 11 is 0. The Balaban J connectivity index is 1.65. The molecule has 4 rings (SSSR count). The molecule has 0 saturated heterocycles. The Hall–Kier alpha value is -3.61. The van der Waals surface area contributed by atoms with Crippen LogP contribution < -0.4 is 15.8 Å². The molecule has 7 heteroatoms. The van der Waals surface area contributed by atoms with Gasteiger partial charge in [0.05, 0.1) is 23.2 Å². The van der Waals surface area contributed by atoms with Crippen molar-refractivity contribution in [2.24, 2.45) is 0 Å². The fourth-order valence-corrected chi connectivity index (χ4v) is 3.26. The molecule has 3 N–H and O–H groups in total. The molecule has 154 valence electrons. The van der Waals surface area contributed by atoms with E-state index < -0.39 is 0 Å². The SMILES string of the molecule is CC(C)(C)n1nc2nc(NCCOc3ccccc3)nc(-c3ccccc3)c2c1N. The van der Waals surface area contributed by atoms with Crippen LogP contribution in [0.3, 0.4) is 0 Å². The van der Waals surface area contributed by atoms with E-state index >= 15 is 0 Å². The normalized spacial score (nSPS) is 11.6. The molecule has 30 heavy (non-hydrogen) atoms. The molecule has 0 spiro atoms. The Labute approximate surface area is 175 Å². The van der Waals surface area contributed by atoms with Crippen molar-refractivity contribution in [1.29, 1.82) is 0 Å². The van der Waals surface area contributed by atoms with Crippen molar-refractivity contribution in [3.63, 3.8) is 0 Å². The molecule has 2 aromatic carbocycles. The van der Waals surface area contributed by atoms with Crippen LogP contribution >= 0.6 is 0 Å². The first-order valence-electron chi connectivity index (χ1n) is 9.97. The minimum atomic E-state index is -0.268. The molecule has 0 saturated carbocycles. The van der Waals surface area contributed by atoms with Crippen LogP contribution in [-0.4, -0.2) is 32.9 Å². The summed E-state index contributed by atoms with van der Waals surface area (Å²) < 4.78 is 7.55. The maximum absolute atomic E-state index is 6.48. The number of rotatable bonds is 6. The molecule has 0 aliphatic rings. The smallest absolute Gasteiger partial charge is 0.225 e. The first-order valence-corrected chi connectivity index (χ1v) is 9.97. The van der Waals surface area contributed by atoms with Crippen LogP contribution in [0.2, 0.25) is 0 Å². The largest absolute Gasteiger partial charge is 0.492 e. The number of nitrogens with one attached hydrogen (secondary N) is 1. The van der Waals surface area contributed by atoms with Crippen LogP contribution in [0.1, 0.15) is 20.8 Å². The zero-order valence-corrected chi connectivity index (χ0v) is 17.5. The predicted molar refractivity (Wildman–Crippen MR) is 121 cm³/mol. The van der Waals surface area contributed by atoms with Gasteiger partial charge in [-0.3, -0.25) is 0 Å². The van der Waals surface area contributed by atoms with E-state index in [9.17, 15) is 0 Å². The van der Waals surface area contributed by atoms with Crippen molar-refractivity contribution in [2.45, 2.75) is 26.3 Å². The van der Waals surface area contributed by atoms with Gasteiger partial charge in [0, 0.05) is 5.56 Å². The monoisotopic (exact) mass is 402 g/mol. The molecule has 0 aliphatic heterocycles. The van der Waals surface area contributed by atoms with Gasteiger partial charge in [0.1, 0.15) is 18.2 Å². The number of benzene rings is 2. The Morgan fingerprint density at radius 2 is 1.63 bits per heavy atom. The average molecular weight is 403 g/mol. The van der Waals surface area contributed by atoms with Crippen LogP contribution in [0.25, 0.3) is 22.3 Å². The highest BCUT2D eigenvalue weighted by molar-refractivity contribution is 5.99. The van der Waals surface area contributed by atoms with E-state index in [1.165, 1.54) is 0 Å². The van der Waals surface area contributed by atoms with E-state index in [4.69, 9.17) is 15.5 Å². The average Bonchev–Trinajstić information content (AvgIpc) is 3.09. The zero-order valence-electron chi connectivity index (χ0n) is 17.5. The number of hydrogen-bond acceptors (Lipinski definition) is 6. The molecule has 0 bridgehead atoms. The summed E-state index contributed by atoms with van der Waals surface area (Å²) in [6, 6.07) is 19.7. The van der Waals surface area contributed by atoms with Crippen molar-refractivity contribution in [3.8, 4) is 17.0 Å². The number of ether oxygens (including phenoxy) is 1. The molecule has 0 aliphatic carbocycles. The van der Waals surface area contributed by atoms with Gasteiger partial charge in [-0.25, -0.2) is 9.67 Å². The lowest BCUT2D eigenvalue weighted by molar-refractivity contribution is 0.332. The second-order valence-corrected chi connectivity index (χ2v) is 8.02. The molecule has 0 amide bonds. The predicted octanol–water partition coefficient (Wildman–Crippen LogP) is 4.32. The van der Waals surface area contributed by atoms with Crippen molar-refractivity contribution < 1.29 is 4.74 Å². The number of nitrogen functional groups attached to an aromatic ring is 1. The molecule has 0 fully saturated rings. The molecule has 4 aromatic rings. The van der Waals surface area contributed by atoms with Crippen LogP contribution in [0.5, 0.6) is 5.75 Å². The number of nitrogens with two attached hydrogens (primary N) is 1. The molecule has 2 aromatic heterocycles. The number of anilines is 2. The van der Waals surface area contributed by atoms with Crippen molar-refractivity contribution in [1.82, 2.24) is 19.7 Å². The van der Waals surface area contributed by atoms with Gasteiger partial charge in [-0.05, 0) is 32.9 Å². The molecule has 7 nitrogen and oxygen atoms in total. The first-order chi connectivity index (χ1) is 14.4. The Kier molecular flexibility index (Phi) is 5.27. The van der Waals surface area contributed by atoms with Gasteiger partial charge in [0.2, 0.25) is 5.95 Å². The standard InChI is InChI=1S/C23H26N6O/c1-23(2,3)29-20(24)18-19(16-10-6-4-7-11-16)26-22(27-21(18)28-29)25-14-15-30-17-12-8-5-9-13-17/h4-13H,14-15,24H2,1-3H3,(H,25,27,28). The van der Waals surface area contributed by atoms with Crippen LogP contribution in [0, 0.1) is 0 Å². The van der Waals surface area contributed by atoms with Crippen LogP contribution in [-0.2, 0) is 5.54 Å². The molecule has 0 radical (unpaired) electrons. The third kappa shape index (κ3) is 4.05. The van der Waals surface area contributed by atoms with E-state index in [0.717, 1.165) is 22.4 Å². The van der Waals surface area contributed by atoms with Gasteiger partial charge in [-0.15, -0.1) is 5.10 Å². The Morgan fingerprint density at radius 1 is 0.967 bits per heavy atom. The summed E-state index contributed by atoms with van der Waals surface area (Å²) in [7, 11) is 0. The highest BCUT2D eigenvalue weighted by atomic mass is 16.5. The lowest BCUT2D eigenvalue weighted by Crippen LogP contribution is -2.24. The van der Waals surface area contributed by atoms with Crippen LogP contribution in [0.15, 0.2) is 60.7 Å². The molecule has 2 heterocycles.